The second-order valence-corrected chi connectivity index (χ2v) is 4.63. The zero-order chi connectivity index (χ0) is 13.7. The van der Waals surface area contributed by atoms with E-state index in [4.69, 9.17) is 9.47 Å². The van der Waals surface area contributed by atoms with Gasteiger partial charge in [-0.2, -0.15) is 0 Å². The Balaban J connectivity index is 1.88. The molecule has 0 unspecified atom stereocenters. The second kappa shape index (κ2) is 6.54. The van der Waals surface area contributed by atoms with Crippen LogP contribution in [0.4, 0.5) is 11.4 Å². The van der Waals surface area contributed by atoms with Gasteiger partial charge in [-0.05, 0) is 31.0 Å². The molecule has 5 heteroatoms. The first-order valence-electron chi connectivity index (χ1n) is 6.43. The van der Waals surface area contributed by atoms with Gasteiger partial charge in [-0.1, -0.05) is 6.07 Å². The van der Waals surface area contributed by atoms with Gasteiger partial charge in [-0.25, -0.2) is 0 Å². The number of hydrogen-bond acceptors (Lipinski definition) is 4. The predicted octanol–water partition coefficient (Wildman–Crippen LogP) is 2.07. The molecule has 1 amide bonds. The number of hydrogen-bond donors (Lipinski definition) is 2. The minimum Gasteiger partial charge on any atom is -0.380 e. The lowest BCUT2D eigenvalue weighted by Gasteiger charge is -2.15. The van der Waals surface area contributed by atoms with Crippen molar-refractivity contribution < 1.29 is 14.3 Å². The predicted molar refractivity (Wildman–Crippen MR) is 74.1 cm³/mol. The van der Waals surface area contributed by atoms with E-state index in [0.717, 1.165) is 24.2 Å². The highest BCUT2D eigenvalue weighted by Crippen LogP contribution is 2.30. The van der Waals surface area contributed by atoms with Crippen LogP contribution in [0.1, 0.15) is 12.8 Å². The third-order valence-corrected chi connectivity index (χ3v) is 3.08. The fourth-order valence-corrected chi connectivity index (χ4v) is 1.76. The molecule has 0 saturated heterocycles. The standard InChI is InChI=1S/C14H20N2O3/c1-18-13(19-2)9-15-11-4-3-5-12(8-11)16-14(17)10-6-7-10/h3-5,8,10,13,15H,6-7,9H2,1-2H3,(H,16,17). The molecule has 1 aliphatic carbocycles. The van der Waals surface area contributed by atoms with Crippen molar-refractivity contribution in [3.05, 3.63) is 24.3 Å². The molecule has 1 fully saturated rings. The molecule has 2 rings (SSSR count). The molecule has 0 bridgehead atoms. The van der Waals surface area contributed by atoms with Crippen LogP contribution in [-0.4, -0.2) is 33.0 Å². The van der Waals surface area contributed by atoms with E-state index in [0.29, 0.717) is 6.54 Å². The van der Waals surface area contributed by atoms with Crippen LogP contribution in [0, 0.1) is 5.92 Å². The van der Waals surface area contributed by atoms with Crippen molar-refractivity contribution in [2.75, 3.05) is 31.4 Å². The van der Waals surface area contributed by atoms with Crippen molar-refractivity contribution in [3.8, 4) is 0 Å². The van der Waals surface area contributed by atoms with Gasteiger partial charge in [-0.3, -0.25) is 4.79 Å². The van der Waals surface area contributed by atoms with E-state index in [1.54, 1.807) is 14.2 Å². The summed E-state index contributed by atoms with van der Waals surface area (Å²) in [6, 6.07) is 7.63. The van der Waals surface area contributed by atoms with E-state index in [-0.39, 0.29) is 18.1 Å². The summed E-state index contributed by atoms with van der Waals surface area (Å²) in [5, 5.41) is 6.12. The van der Waals surface area contributed by atoms with Gasteiger partial charge in [0.25, 0.3) is 0 Å². The van der Waals surface area contributed by atoms with E-state index < -0.39 is 0 Å². The Morgan fingerprint density at radius 2 is 2.00 bits per heavy atom. The molecular weight excluding hydrogens is 244 g/mol. The average Bonchev–Trinajstić information content (AvgIpc) is 3.25. The van der Waals surface area contributed by atoms with Gasteiger partial charge in [0.05, 0.1) is 6.54 Å². The second-order valence-electron chi connectivity index (χ2n) is 4.63. The van der Waals surface area contributed by atoms with E-state index >= 15 is 0 Å². The lowest BCUT2D eigenvalue weighted by atomic mass is 10.2. The zero-order valence-electron chi connectivity index (χ0n) is 11.3. The first-order valence-corrected chi connectivity index (χ1v) is 6.43. The fourth-order valence-electron chi connectivity index (χ4n) is 1.76. The summed E-state index contributed by atoms with van der Waals surface area (Å²) in [6.45, 7) is 0.549. The number of carbonyl (C=O) groups excluding carboxylic acids is 1. The lowest BCUT2D eigenvalue weighted by Crippen LogP contribution is -2.23. The molecule has 1 saturated carbocycles. The quantitative estimate of drug-likeness (QED) is 0.740. The summed E-state index contributed by atoms with van der Waals surface area (Å²) in [6.07, 6.45) is 1.73. The summed E-state index contributed by atoms with van der Waals surface area (Å²) < 4.78 is 10.2. The van der Waals surface area contributed by atoms with Crippen molar-refractivity contribution in [1.29, 1.82) is 0 Å². The first kappa shape index (κ1) is 13.8. The average molecular weight is 264 g/mol. The van der Waals surface area contributed by atoms with Crippen LogP contribution in [0.15, 0.2) is 24.3 Å². The van der Waals surface area contributed by atoms with Gasteiger partial charge in [-0.15, -0.1) is 0 Å². The number of rotatable bonds is 7. The number of benzene rings is 1. The lowest BCUT2D eigenvalue weighted by molar-refractivity contribution is -0.117. The zero-order valence-corrected chi connectivity index (χ0v) is 11.3. The van der Waals surface area contributed by atoms with Crippen LogP contribution in [0.2, 0.25) is 0 Å². The molecule has 1 aromatic rings. The molecule has 2 N–H and O–H groups in total. The van der Waals surface area contributed by atoms with Gasteiger partial charge in [0.15, 0.2) is 6.29 Å². The van der Waals surface area contributed by atoms with Crippen LogP contribution < -0.4 is 10.6 Å². The maximum atomic E-state index is 11.7. The topological polar surface area (TPSA) is 59.6 Å². The molecule has 5 nitrogen and oxygen atoms in total. The van der Waals surface area contributed by atoms with Crippen LogP contribution in [0.25, 0.3) is 0 Å². The van der Waals surface area contributed by atoms with Gasteiger partial charge in [0, 0.05) is 31.5 Å². The SMILES string of the molecule is COC(CNc1cccc(NC(=O)C2CC2)c1)OC. The summed E-state index contributed by atoms with van der Waals surface area (Å²) in [5.41, 5.74) is 1.74. The molecule has 0 aromatic heterocycles. The van der Waals surface area contributed by atoms with Crippen molar-refractivity contribution in [3.63, 3.8) is 0 Å². The van der Waals surface area contributed by atoms with E-state index in [9.17, 15) is 4.79 Å². The minimum absolute atomic E-state index is 0.115. The van der Waals surface area contributed by atoms with Gasteiger partial charge in [0.1, 0.15) is 0 Å². The molecule has 19 heavy (non-hydrogen) atoms. The molecule has 0 heterocycles. The molecule has 0 aliphatic heterocycles. The number of carbonyl (C=O) groups is 1. The smallest absolute Gasteiger partial charge is 0.227 e. The number of anilines is 2. The molecule has 1 aromatic carbocycles. The maximum absolute atomic E-state index is 11.7. The molecule has 0 atom stereocenters. The summed E-state index contributed by atoms with van der Waals surface area (Å²) in [4.78, 5) is 11.7. The summed E-state index contributed by atoms with van der Waals surface area (Å²) in [5.74, 6) is 0.326. The number of amides is 1. The Morgan fingerprint density at radius 1 is 1.32 bits per heavy atom. The number of nitrogens with one attached hydrogen (secondary N) is 2. The summed E-state index contributed by atoms with van der Waals surface area (Å²) in [7, 11) is 3.20. The highest BCUT2D eigenvalue weighted by Gasteiger charge is 2.29. The Labute approximate surface area is 113 Å². The van der Waals surface area contributed by atoms with Crippen molar-refractivity contribution in [2.45, 2.75) is 19.1 Å². The highest BCUT2D eigenvalue weighted by molar-refractivity contribution is 5.94. The molecule has 1 aliphatic rings. The fraction of sp³-hybridized carbons (Fsp3) is 0.500. The van der Waals surface area contributed by atoms with E-state index in [1.165, 1.54) is 0 Å². The number of ether oxygens (including phenoxy) is 2. The number of methoxy groups -OCH3 is 2. The molecule has 0 spiro atoms. The maximum Gasteiger partial charge on any atom is 0.227 e. The van der Waals surface area contributed by atoms with Crippen molar-refractivity contribution in [1.82, 2.24) is 0 Å². The van der Waals surface area contributed by atoms with Crippen molar-refractivity contribution in [2.24, 2.45) is 5.92 Å². The van der Waals surface area contributed by atoms with Crippen LogP contribution in [0.3, 0.4) is 0 Å². The third kappa shape index (κ3) is 4.22. The van der Waals surface area contributed by atoms with E-state index in [1.807, 2.05) is 24.3 Å². The minimum atomic E-state index is -0.287. The Morgan fingerprint density at radius 3 is 2.63 bits per heavy atom. The molecule has 104 valence electrons. The summed E-state index contributed by atoms with van der Waals surface area (Å²) >= 11 is 0. The normalized spacial score (nSPS) is 14.5. The van der Waals surface area contributed by atoms with Crippen molar-refractivity contribution >= 4 is 17.3 Å². The van der Waals surface area contributed by atoms with Crippen LogP contribution in [0.5, 0.6) is 0 Å². The molecule has 0 radical (unpaired) electrons. The van der Waals surface area contributed by atoms with Crippen LogP contribution >= 0.6 is 0 Å². The van der Waals surface area contributed by atoms with Gasteiger partial charge >= 0.3 is 0 Å². The third-order valence-electron chi connectivity index (χ3n) is 3.08. The van der Waals surface area contributed by atoms with Gasteiger partial charge < -0.3 is 20.1 Å². The van der Waals surface area contributed by atoms with E-state index in [2.05, 4.69) is 10.6 Å². The first-order chi connectivity index (χ1) is 9.22. The van der Waals surface area contributed by atoms with Crippen LogP contribution in [-0.2, 0) is 14.3 Å². The monoisotopic (exact) mass is 264 g/mol. The highest BCUT2D eigenvalue weighted by atomic mass is 16.7. The Kier molecular flexibility index (Phi) is 4.76. The Hall–Kier alpha value is -1.59. The Bertz CT molecular complexity index is 428. The van der Waals surface area contributed by atoms with Gasteiger partial charge in [0.2, 0.25) is 5.91 Å². The molecular formula is C14H20N2O3. The largest absolute Gasteiger partial charge is 0.380 e.